The first kappa shape index (κ1) is 10.6. The van der Waals surface area contributed by atoms with Gasteiger partial charge in [0.15, 0.2) is 0 Å². The summed E-state index contributed by atoms with van der Waals surface area (Å²) in [4.78, 5) is 0. The van der Waals surface area contributed by atoms with Crippen LogP contribution in [0.2, 0.25) is 0 Å². The second kappa shape index (κ2) is 5.31. The normalized spacial score (nSPS) is 10.1. The van der Waals surface area contributed by atoms with Gasteiger partial charge in [0.1, 0.15) is 17.4 Å². The molecule has 0 unspecified atom stereocenters. The number of allylic oxidation sites excluding steroid dienone is 1. The van der Waals surface area contributed by atoms with Crippen molar-refractivity contribution in [2.45, 2.75) is 0 Å². The van der Waals surface area contributed by atoms with E-state index in [4.69, 9.17) is 21.6 Å². The van der Waals surface area contributed by atoms with Gasteiger partial charge in [0, 0.05) is 5.88 Å². The smallest absolute Gasteiger partial charge is 0.137 e. The van der Waals surface area contributed by atoms with E-state index in [2.05, 4.69) is 6.07 Å². The molecule has 3 heteroatoms. The SMILES string of the molecule is COc1cccc(C=CCCl)c1C#N. The van der Waals surface area contributed by atoms with Gasteiger partial charge in [0.25, 0.3) is 0 Å². The molecule has 1 rings (SSSR count). The van der Waals surface area contributed by atoms with E-state index < -0.39 is 0 Å². The lowest BCUT2D eigenvalue weighted by Gasteiger charge is -2.04. The van der Waals surface area contributed by atoms with Gasteiger partial charge in [-0.05, 0) is 11.6 Å². The fourth-order valence-corrected chi connectivity index (χ4v) is 1.24. The highest BCUT2D eigenvalue weighted by Gasteiger charge is 2.04. The molecule has 0 aliphatic rings. The van der Waals surface area contributed by atoms with Crippen LogP contribution in [0.25, 0.3) is 6.08 Å². The molecule has 14 heavy (non-hydrogen) atoms. The Kier molecular flexibility index (Phi) is 4.03. The summed E-state index contributed by atoms with van der Waals surface area (Å²) in [5, 5.41) is 8.93. The van der Waals surface area contributed by atoms with E-state index in [9.17, 15) is 0 Å². The monoisotopic (exact) mass is 207 g/mol. The molecule has 0 N–H and O–H groups in total. The average molecular weight is 208 g/mol. The molecule has 2 nitrogen and oxygen atoms in total. The van der Waals surface area contributed by atoms with E-state index in [1.54, 1.807) is 19.3 Å². The van der Waals surface area contributed by atoms with Crippen molar-refractivity contribution in [1.82, 2.24) is 0 Å². The van der Waals surface area contributed by atoms with Crippen molar-refractivity contribution in [3.05, 3.63) is 35.4 Å². The molecule has 0 saturated heterocycles. The minimum absolute atomic E-state index is 0.433. The molecule has 0 amide bonds. The molecule has 1 aromatic rings. The average Bonchev–Trinajstić information content (AvgIpc) is 2.25. The number of alkyl halides is 1. The molecule has 0 atom stereocenters. The summed E-state index contributed by atoms with van der Waals surface area (Å²) in [7, 11) is 1.55. The van der Waals surface area contributed by atoms with Crippen LogP contribution in [0.1, 0.15) is 11.1 Å². The van der Waals surface area contributed by atoms with E-state index in [1.165, 1.54) is 0 Å². The lowest BCUT2D eigenvalue weighted by atomic mass is 10.1. The quantitative estimate of drug-likeness (QED) is 0.714. The first-order chi connectivity index (χ1) is 6.83. The summed E-state index contributed by atoms with van der Waals surface area (Å²) in [5.41, 5.74) is 1.36. The van der Waals surface area contributed by atoms with Gasteiger partial charge in [-0.25, -0.2) is 0 Å². The number of rotatable bonds is 3. The minimum Gasteiger partial charge on any atom is -0.495 e. The molecule has 0 fully saturated rings. The molecule has 1 aromatic carbocycles. The third-order valence-corrected chi connectivity index (χ3v) is 1.95. The fraction of sp³-hybridized carbons (Fsp3) is 0.182. The van der Waals surface area contributed by atoms with Crippen LogP contribution in [0.3, 0.4) is 0 Å². The van der Waals surface area contributed by atoms with Gasteiger partial charge in [-0.2, -0.15) is 5.26 Å². The molecular formula is C11H10ClNO. The molecule has 0 aliphatic carbocycles. The highest BCUT2D eigenvalue weighted by Crippen LogP contribution is 2.22. The van der Waals surface area contributed by atoms with Crippen molar-refractivity contribution in [3.63, 3.8) is 0 Å². The molecule has 0 aliphatic heterocycles. The van der Waals surface area contributed by atoms with Crippen LogP contribution >= 0.6 is 11.6 Å². The Morgan fingerprint density at radius 1 is 1.57 bits per heavy atom. The third kappa shape index (κ3) is 2.27. The van der Waals surface area contributed by atoms with E-state index in [-0.39, 0.29) is 0 Å². The Morgan fingerprint density at radius 2 is 2.36 bits per heavy atom. The molecule has 0 radical (unpaired) electrons. The largest absolute Gasteiger partial charge is 0.495 e. The zero-order valence-corrected chi connectivity index (χ0v) is 8.58. The number of hydrogen-bond donors (Lipinski definition) is 0. The van der Waals surface area contributed by atoms with E-state index in [1.807, 2.05) is 18.2 Å². The maximum atomic E-state index is 8.93. The molecule has 0 bridgehead atoms. The standard InChI is InChI=1S/C11H10ClNO/c1-14-11-6-2-4-9(5-3-7-12)10(11)8-13/h2-6H,7H2,1H3. The van der Waals surface area contributed by atoms with Crippen LogP contribution in [0.4, 0.5) is 0 Å². The van der Waals surface area contributed by atoms with Gasteiger partial charge in [0.2, 0.25) is 0 Å². The number of benzene rings is 1. The van der Waals surface area contributed by atoms with Crippen LogP contribution < -0.4 is 4.74 Å². The zero-order chi connectivity index (χ0) is 10.4. The van der Waals surface area contributed by atoms with Gasteiger partial charge in [-0.1, -0.05) is 24.3 Å². The molecule has 72 valence electrons. The fourth-order valence-electron chi connectivity index (χ4n) is 1.15. The summed E-state index contributed by atoms with van der Waals surface area (Å²) in [5.74, 6) is 1.02. The van der Waals surface area contributed by atoms with Gasteiger partial charge in [-0.15, -0.1) is 11.6 Å². The second-order valence-electron chi connectivity index (χ2n) is 2.59. The maximum Gasteiger partial charge on any atom is 0.137 e. The molecule has 0 spiro atoms. The van der Waals surface area contributed by atoms with Crippen molar-refractivity contribution < 1.29 is 4.74 Å². The third-order valence-electron chi connectivity index (χ3n) is 1.78. The summed E-state index contributed by atoms with van der Waals surface area (Å²) < 4.78 is 5.07. The first-order valence-corrected chi connectivity index (χ1v) is 4.66. The van der Waals surface area contributed by atoms with Gasteiger partial charge >= 0.3 is 0 Å². The van der Waals surface area contributed by atoms with E-state index in [0.29, 0.717) is 17.2 Å². The Morgan fingerprint density at radius 3 is 2.93 bits per heavy atom. The van der Waals surface area contributed by atoms with Gasteiger partial charge in [0.05, 0.1) is 7.11 Å². The summed E-state index contributed by atoms with van der Waals surface area (Å²) in [6.07, 6.45) is 3.60. The Balaban J connectivity index is 3.17. The van der Waals surface area contributed by atoms with Crippen LogP contribution in [-0.2, 0) is 0 Å². The number of nitrogens with zero attached hydrogens (tertiary/aromatic N) is 1. The molecule has 0 saturated carbocycles. The van der Waals surface area contributed by atoms with Crippen LogP contribution in [0.15, 0.2) is 24.3 Å². The Bertz CT molecular complexity index is 379. The second-order valence-corrected chi connectivity index (χ2v) is 2.90. The Hall–Kier alpha value is -1.46. The number of methoxy groups -OCH3 is 1. The van der Waals surface area contributed by atoms with Crippen LogP contribution in [-0.4, -0.2) is 13.0 Å². The number of halogens is 1. The van der Waals surface area contributed by atoms with Gasteiger partial charge in [-0.3, -0.25) is 0 Å². The van der Waals surface area contributed by atoms with Crippen molar-refractivity contribution in [2.24, 2.45) is 0 Å². The predicted octanol–water partition coefficient (Wildman–Crippen LogP) is 2.82. The predicted molar refractivity (Wildman–Crippen MR) is 57.5 cm³/mol. The first-order valence-electron chi connectivity index (χ1n) is 4.13. The highest BCUT2D eigenvalue weighted by atomic mass is 35.5. The van der Waals surface area contributed by atoms with Crippen LogP contribution in [0.5, 0.6) is 5.75 Å². The lowest BCUT2D eigenvalue weighted by Crippen LogP contribution is -1.90. The number of nitriles is 1. The summed E-state index contributed by atoms with van der Waals surface area (Å²) in [6.45, 7) is 0. The topological polar surface area (TPSA) is 33.0 Å². The highest BCUT2D eigenvalue weighted by molar-refractivity contribution is 6.19. The van der Waals surface area contributed by atoms with Crippen molar-refractivity contribution >= 4 is 17.7 Å². The van der Waals surface area contributed by atoms with E-state index >= 15 is 0 Å². The molecule has 0 aromatic heterocycles. The van der Waals surface area contributed by atoms with Crippen molar-refractivity contribution in [3.8, 4) is 11.8 Å². The minimum atomic E-state index is 0.433. The molecular weight excluding hydrogens is 198 g/mol. The maximum absolute atomic E-state index is 8.93. The van der Waals surface area contributed by atoms with Gasteiger partial charge < -0.3 is 4.74 Å². The number of ether oxygens (including phenoxy) is 1. The van der Waals surface area contributed by atoms with Crippen molar-refractivity contribution in [2.75, 3.05) is 13.0 Å². The number of hydrogen-bond acceptors (Lipinski definition) is 2. The molecule has 0 heterocycles. The van der Waals surface area contributed by atoms with Crippen LogP contribution in [0, 0.1) is 11.3 Å². The lowest BCUT2D eigenvalue weighted by molar-refractivity contribution is 0.413. The van der Waals surface area contributed by atoms with Crippen molar-refractivity contribution in [1.29, 1.82) is 5.26 Å². The van der Waals surface area contributed by atoms with E-state index in [0.717, 1.165) is 5.56 Å². The summed E-state index contributed by atoms with van der Waals surface area (Å²) >= 11 is 5.52. The summed E-state index contributed by atoms with van der Waals surface area (Å²) in [6, 6.07) is 7.56. The zero-order valence-electron chi connectivity index (χ0n) is 7.83. The Labute approximate surface area is 88.4 Å².